The highest BCUT2D eigenvalue weighted by Crippen LogP contribution is 2.36. The van der Waals surface area contributed by atoms with E-state index in [0.717, 1.165) is 31.6 Å². The van der Waals surface area contributed by atoms with Crippen molar-refractivity contribution in [1.82, 2.24) is 4.98 Å². The van der Waals surface area contributed by atoms with Crippen molar-refractivity contribution in [3.63, 3.8) is 0 Å². The molecule has 0 spiro atoms. The first-order chi connectivity index (χ1) is 9.22. The van der Waals surface area contributed by atoms with Gasteiger partial charge in [0, 0.05) is 9.37 Å². The van der Waals surface area contributed by atoms with Crippen LogP contribution in [0.15, 0.2) is 44.7 Å². The van der Waals surface area contributed by atoms with E-state index in [-0.39, 0.29) is 0 Å². The number of halogens is 1. The summed E-state index contributed by atoms with van der Waals surface area (Å²) >= 11 is 5.07. The third-order valence-corrected chi connectivity index (χ3v) is 4.50. The Morgan fingerprint density at radius 1 is 1.11 bits per heavy atom. The molecule has 98 valence electrons. The summed E-state index contributed by atoms with van der Waals surface area (Å²) in [5.74, 6) is 1.63. The lowest BCUT2D eigenvalue weighted by Gasteiger charge is -2.18. The summed E-state index contributed by atoms with van der Waals surface area (Å²) in [5.41, 5.74) is 0.988. The predicted molar refractivity (Wildman–Crippen MR) is 78.2 cm³/mol. The molecule has 0 fully saturated rings. The van der Waals surface area contributed by atoms with E-state index in [1.165, 1.54) is 0 Å². The minimum absolute atomic E-state index is 0.608. The lowest BCUT2D eigenvalue weighted by Crippen LogP contribution is -2.15. The number of nitrogens with zero attached hydrogens (tertiary/aromatic N) is 1. The normalized spacial score (nSPS) is 13.4. The fourth-order valence-corrected chi connectivity index (χ4v) is 2.87. The molecule has 2 aromatic rings. The Morgan fingerprint density at radius 3 is 2.68 bits per heavy atom. The number of aryl methyl sites for hydroxylation is 1. The maximum Gasteiger partial charge on any atom is 0.162 e. The van der Waals surface area contributed by atoms with Gasteiger partial charge in [-0.1, -0.05) is 11.8 Å². The predicted octanol–water partition coefficient (Wildman–Crippen LogP) is 4.07. The molecule has 0 saturated carbocycles. The fraction of sp³-hybridized carbons (Fsp3) is 0.214. The van der Waals surface area contributed by atoms with Crippen molar-refractivity contribution in [3.05, 3.63) is 40.5 Å². The lowest BCUT2D eigenvalue weighted by molar-refractivity contribution is 0.171. The molecule has 0 aliphatic carbocycles. The number of fused-ring (bicyclic) bond motifs is 1. The Kier molecular flexibility index (Phi) is 3.66. The van der Waals surface area contributed by atoms with Gasteiger partial charge in [0.1, 0.15) is 18.2 Å². The Labute approximate surface area is 124 Å². The maximum atomic E-state index is 5.58. The van der Waals surface area contributed by atoms with Crippen LogP contribution in [0.5, 0.6) is 11.5 Å². The van der Waals surface area contributed by atoms with Crippen LogP contribution in [0.25, 0.3) is 0 Å². The average molecular weight is 338 g/mol. The van der Waals surface area contributed by atoms with Crippen LogP contribution in [0.2, 0.25) is 0 Å². The Hall–Kier alpha value is -1.20. The van der Waals surface area contributed by atoms with Crippen LogP contribution >= 0.6 is 27.7 Å². The first-order valence-electron chi connectivity index (χ1n) is 5.93. The van der Waals surface area contributed by atoms with E-state index in [9.17, 15) is 0 Å². The molecule has 3 rings (SSSR count). The van der Waals surface area contributed by atoms with Gasteiger partial charge in [0.05, 0.1) is 5.69 Å². The van der Waals surface area contributed by atoms with E-state index in [4.69, 9.17) is 9.47 Å². The monoisotopic (exact) mass is 337 g/mol. The highest BCUT2D eigenvalue weighted by Gasteiger charge is 2.12. The fourth-order valence-electron chi connectivity index (χ4n) is 1.79. The smallest absolute Gasteiger partial charge is 0.162 e. The number of hydrogen-bond donors (Lipinski definition) is 0. The van der Waals surface area contributed by atoms with E-state index in [2.05, 4.69) is 20.9 Å². The van der Waals surface area contributed by atoms with Crippen LogP contribution in [0.3, 0.4) is 0 Å². The first kappa shape index (κ1) is 12.8. The molecule has 0 N–H and O–H groups in total. The van der Waals surface area contributed by atoms with Crippen LogP contribution in [0, 0.1) is 6.92 Å². The van der Waals surface area contributed by atoms with E-state index in [1.807, 2.05) is 37.3 Å². The van der Waals surface area contributed by atoms with Crippen molar-refractivity contribution in [3.8, 4) is 11.5 Å². The molecule has 0 amide bonds. The summed E-state index contributed by atoms with van der Waals surface area (Å²) in [6.45, 7) is 3.21. The van der Waals surface area contributed by atoms with Crippen molar-refractivity contribution in [2.45, 2.75) is 16.8 Å². The molecule has 5 heteroatoms. The molecule has 0 atom stereocenters. The third-order valence-electron chi connectivity index (χ3n) is 2.73. The molecular formula is C14H12BrNO2S. The van der Waals surface area contributed by atoms with Crippen LogP contribution in [0.4, 0.5) is 0 Å². The molecule has 0 radical (unpaired) electrons. The Bertz CT molecular complexity index is 618. The Morgan fingerprint density at radius 2 is 1.89 bits per heavy atom. The van der Waals surface area contributed by atoms with Gasteiger partial charge < -0.3 is 9.47 Å². The molecular weight excluding hydrogens is 326 g/mol. The van der Waals surface area contributed by atoms with Gasteiger partial charge in [0.15, 0.2) is 11.5 Å². The molecule has 19 heavy (non-hydrogen) atoms. The second-order valence-electron chi connectivity index (χ2n) is 4.12. The molecule has 3 nitrogen and oxygen atoms in total. The summed E-state index contributed by atoms with van der Waals surface area (Å²) in [6, 6.07) is 9.99. The van der Waals surface area contributed by atoms with Gasteiger partial charge in [-0.25, -0.2) is 4.98 Å². The van der Waals surface area contributed by atoms with E-state index >= 15 is 0 Å². The van der Waals surface area contributed by atoms with Crippen LogP contribution < -0.4 is 9.47 Å². The van der Waals surface area contributed by atoms with Gasteiger partial charge >= 0.3 is 0 Å². The molecule has 1 aromatic heterocycles. The number of aromatic nitrogens is 1. The molecule has 0 unspecified atom stereocenters. The summed E-state index contributed by atoms with van der Waals surface area (Å²) in [7, 11) is 0. The van der Waals surface area contributed by atoms with E-state index in [1.54, 1.807) is 11.8 Å². The summed E-state index contributed by atoms with van der Waals surface area (Å²) in [4.78, 5) is 5.62. The van der Waals surface area contributed by atoms with Crippen molar-refractivity contribution in [2.75, 3.05) is 13.2 Å². The third kappa shape index (κ3) is 2.87. The molecule has 1 aromatic carbocycles. The Balaban J connectivity index is 1.84. The number of pyridine rings is 1. The quantitative estimate of drug-likeness (QED) is 0.826. The summed E-state index contributed by atoms with van der Waals surface area (Å²) in [6.07, 6.45) is 0. The largest absolute Gasteiger partial charge is 0.486 e. The van der Waals surface area contributed by atoms with E-state index in [0.29, 0.717) is 13.2 Å². The number of hydrogen-bond acceptors (Lipinski definition) is 4. The van der Waals surface area contributed by atoms with Crippen molar-refractivity contribution in [1.29, 1.82) is 0 Å². The van der Waals surface area contributed by atoms with Crippen LogP contribution in [-0.2, 0) is 0 Å². The van der Waals surface area contributed by atoms with Gasteiger partial charge in [-0.2, -0.15) is 0 Å². The van der Waals surface area contributed by atoms with Gasteiger partial charge in [-0.15, -0.1) is 0 Å². The van der Waals surface area contributed by atoms with Gasteiger partial charge in [0.2, 0.25) is 0 Å². The lowest BCUT2D eigenvalue weighted by atomic mass is 10.3. The zero-order chi connectivity index (χ0) is 13.2. The van der Waals surface area contributed by atoms with Gasteiger partial charge in [-0.3, -0.25) is 0 Å². The minimum atomic E-state index is 0.608. The topological polar surface area (TPSA) is 31.4 Å². The summed E-state index contributed by atoms with van der Waals surface area (Å²) in [5, 5.41) is 0.970. The number of rotatable bonds is 2. The second-order valence-corrected chi connectivity index (χ2v) is 6.07. The highest BCUT2D eigenvalue weighted by atomic mass is 79.9. The van der Waals surface area contributed by atoms with Gasteiger partial charge in [-0.05, 0) is 53.2 Å². The molecule has 0 saturated heterocycles. The SMILES string of the molecule is Cc1nc(Sc2ccc3c(c2)OCCO3)ccc1Br. The number of benzene rings is 1. The second kappa shape index (κ2) is 5.43. The zero-order valence-corrected chi connectivity index (χ0v) is 12.8. The molecule has 0 bridgehead atoms. The van der Waals surface area contributed by atoms with Crippen molar-refractivity contribution in [2.24, 2.45) is 0 Å². The van der Waals surface area contributed by atoms with Crippen molar-refractivity contribution >= 4 is 27.7 Å². The number of ether oxygens (including phenoxy) is 2. The van der Waals surface area contributed by atoms with Crippen LogP contribution in [-0.4, -0.2) is 18.2 Å². The molecule has 2 heterocycles. The van der Waals surface area contributed by atoms with Crippen LogP contribution in [0.1, 0.15) is 5.69 Å². The molecule has 1 aliphatic heterocycles. The summed E-state index contributed by atoms with van der Waals surface area (Å²) < 4.78 is 12.1. The highest BCUT2D eigenvalue weighted by molar-refractivity contribution is 9.10. The zero-order valence-electron chi connectivity index (χ0n) is 10.4. The van der Waals surface area contributed by atoms with Crippen molar-refractivity contribution < 1.29 is 9.47 Å². The van der Waals surface area contributed by atoms with Gasteiger partial charge in [0.25, 0.3) is 0 Å². The van der Waals surface area contributed by atoms with E-state index < -0.39 is 0 Å². The minimum Gasteiger partial charge on any atom is -0.486 e. The average Bonchev–Trinajstić information content (AvgIpc) is 2.43. The standard InChI is InChI=1S/C14H12BrNO2S/c1-9-11(15)3-5-14(16-9)19-10-2-4-12-13(8-10)18-7-6-17-12/h2-5,8H,6-7H2,1H3. The maximum absolute atomic E-state index is 5.58. The molecule has 1 aliphatic rings. The first-order valence-corrected chi connectivity index (χ1v) is 7.54.